The monoisotopic (exact) mass is 829 g/mol. The zero-order valence-electron chi connectivity index (χ0n) is 23.6. The van der Waals surface area contributed by atoms with Crippen molar-refractivity contribution in [3.05, 3.63) is 0 Å². The zero-order valence-corrected chi connectivity index (χ0v) is 24.4. The number of aliphatic hydroxyl groups excluding tert-OH is 1. The Bertz CT molecular complexity index is 1310. The van der Waals surface area contributed by atoms with Gasteiger partial charge in [-0.25, -0.2) is 13.1 Å². The van der Waals surface area contributed by atoms with E-state index in [1.807, 2.05) is 0 Å². The molecule has 5 nitrogen and oxygen atoms in total. The molecule has 0 aromatic heterocycles. The van der Waals surface area contributed by atoms with Crippen molar-refractivity contribution in [1.82, 2.24) is 4.72 Å². The molecule has 50 heavy (non-hydrogen) atoms. The highest BCUT2D eigenvalue weighted by atomic mass is 32.2. The van der Waals surface area contributed by atoms with Crippen molar-refractivity contribution >= 4 is 10.0 Å². The number of hydrogen-bond donors (Lipinski definition) is 2. The molecule has 0 heterocycles. The van der Waals surface area contributed by atoms with Crippen LogP contribution in [0.25, 0.3) is 0 Å². The third-order valence-corrected chi connectivity index (χ3v) is 8.06. The van der Waals surface area contributed by atoms with Crippen LogP contribution in [0.5, 0.6) is 0 Å². The van der Waals surface area contributed by atoms with E-state index in [1.165, 1.54) is 14.1 Å². The van der Waals surface area contributed by atoms with Gasteiger partial charge in [-0.05, 0) is 0 Å². The van der Waals surface area contributed by atoms with Gasteiger partial charge in [0.15, 0.2) is 0 Å². The molecule has 0 spiro atoms. The standard InChI is InChI=1S/C19H18F25N2O3S/c1-46(2,6-7-47)5-3-4-45-50(48,49)19(43,44)17(38,39)15(34,35)13(30,31)11(26,27)9(22,23)8(20,21)10(24,25)12(28,29)14(32,33)16(36,37)18(40,41)42/h45,47H,3-7H2,1-2H3/q+1. The molecule has 0 atom stereocenters. The molecule has 0 fully saturated rings. The van der Waals surface area contributed by atoms with Crippen molar-refractivity contribution in [1.29, 1.82) is 0 Å². The van der Waals surface area contributed by atoms with Crippen molar-refractivity contribution < 1.29 is 128 Å². The number of likely N-dealkylation sites (N-methyl/N-ethyl adjacent to an activating group) is 1. The summed E-state index contributed by atoms with van der Waals surface area (Å²) in [6.45, 7) is -2.77. The number of quaternary nitrogens is 1. The van der Waals surface area contributed by atoms with Crippen molar-refractivity contribution in [2.24, 2.45) is 0 Å². The lowest BCUT2D eigenvalue weighted by Gasteiger charge is -2.45. The van der Waals surface area contributed by atoms with Crippen LogP contribution in [0, 0.1) is 0 Å². The molecule has 31 heteroatoms. The molecule has 0 aliphatic carbocycles. The molecular formula is C19H18F25N2O3S+. The maximum Gasteiger partial charge on any atom is 0.460 e. The Balaban J connectivity index is 7.10. The Morgan fingerprint density at radius 2 is 0.720 bits per heavy atom. The van der Waals surface area contributed by atoms with Gasteiger partial charge in [-0.1, -0.05) is 0 Å². The van der Waals surface area contributed by atoms with E-state index in [2.05, 4.69) is 0 Å². The average Bonchev–Trinajstić information content (AvgIpc) is 2.89. The number of sulfonamides is 1. The van der Waals surface area contributed by atoms with Crippen molar-refractivity contribution in [3.63, 3.8) is 0 Å². The number of alkyl halides is 25. The number of nitrogens with one attached hydrogen (secondary N) is 1. The number of aliphatic hydroxyl groups is 1. The molecule has 0 amide bonds. The predicted octanol–water partition coefficient (Wildman–Crippen LogP) is 6.87. The number of nitrogens with zero attached hydrogens (tertiary/aromatic N) is 1. The fraction of sp³-hybridized carbons (Fsp3) is 1.00. The van der Waals surface area contributed by atoms with Crippen LogP contribution in [-0.2, 0) is 10.0 Å². The smallest absolute Gasteiger partial charge is 0.391 e. The molecule has 0 aliphatic rings. The Hall–Kier alpha value is -1.92. The van der Waals surface area contributed by atoms with Crippen LogP contribution in [0.1, 0.15) is 6.42 Å². The van der Waals surface area contributed by atoms with Gasteiger partial charge >= 0.3 is 70.7 Å². The summed E-state index contributed by atoms with van der Waals surface area (Å²) in [5.41, 5.74) is 0. The molecular weight excluding hydrogens is 811 g/mol. The van der Waals surface area contributed by atoms with Gasteiger partial charge in [-0.2, -0.15) is 110 Å². The number of halogens is 25. The molecule has 0 aromatic carbocycles. The summed E-state index contributed by atoms with van der Waals surface area (Å²) < 4.78 is 361. The summed E-state index contributed by atoms with van der Waals surface area (Å²) in [7, 11) is -5.17. The molecule has 0 radical (unpaired) electrons. The lowest BCUT2D eigenvalue weighted by Crippen LogP contribution is -2.78. The van der Waals surface area contributed by atoms with Crippen molar-refractivity contribution in [3.8, 4) is 0 Å². The minimum atomic E-state index is -9.74. The lowest BCUT2D eigenvalue weighted by atomic mass is 9.85. The minimum Gasteiger partial charge on any atom is -0.391 e. The van der Waals surface area contributed by atoms with E-state index in [-0.39, 0.29) is 11.0 Å². The quantitative estimate of drug-likeness (QED) is 0.0902. The fourth-order valence-corrected chi connectivity index (χ4v) is 4.35. The molecule has 0 bridgehead atoms. The van der Waals surface area contributed by atoms with E-state index in [0.29, 0.717) is 4.72 Å². The highest BCUT2D eigenvalue weighted by Crippen LogP contribution is 2.68. The Morgan fingerprint density at radius 1 is 0.460 bits per heavy atom. The number of rotatable bonds is 18. The Labute approximate surface area is 261 Å². The van der Waals surface area contributed by atoms with E-state index in [4.69, 9.17) is 5.11 Å². The van der Waals surface area contributed by atoms with Gasteiger partial charge in [0.2, 0.25) is 0 Å². The summed E-state index contributed by atoms with van der Waals surface area (Å²) in [6, 6.07) is 0. The maximum atomic E-state index is 14.1. The van der Waals surface area contributed by atoms with Gasteiger partial charge in [-0.15, -0.1) is 0 Å². The Morgan fingerprint density at radius 3 is 0.980 bits per heavy atom. The van der Waals surface area contributed by atoms with Gasteiger partial charge < -0.3 is 9.59 Å². The SMILES string of the molecule is C[N+](C)(CCO)CCCNS(=O)(=O)C(F)(F)C(F)(F)C(F)(F)C(F)(F)C(F)(F)C(F)(F)C(F)(F)C(F)(F)C(F)(F)C(F)(F)C(F)(F)C(F)(F)F. The van der Waals surface area contributed by atoms with Crippen LogP contribution >= 0.6 is 0 Å². The molecule has 0 aliphatic heterocycles. The van der Waals surface area contributed by atoms with E-state index in [9.17, 15) is 118 Å². The van der Waals surface area contributed by atoms with Crippen LogP contribution in [0.15, 0.2) is 0 Å². The summed E-state index contributed by atoms with van der Waals surface area (Å²) in [5, 5.41) is 0.846. The first kappa shape index (κ1) is 48.1. The third kappa shape index (κ3) is 6.60. The average molecular weight is 829 g/mol. The zero-order chi connectivity index (χ0) is 41.2. The second kappa shape index (κ2) is 12.9. The van der Waals surface area contributed by atoms with Gasteiger partial charge in [0.05, 0.1) is 27.2 Å². The van der Waals surface area contributed by atoms with E-state index in [1.54, 1.807) is 0 Å². The summed E-state index contributed by atoms with van der Waals surface area (Å²) in [6.07, 6.45) is -9.03. The molecule has 0 aromatic rings. The summed E-state index contributed by atoms with van der Waals surface area (Å²) in [4.78, 5) is 0. The van der Waals surface area contributed by atoms with Crippen molar-refractivity contribution in [2.45, 2.75) is 77.1 Å². The molecule has 0 saturated heterocycles. The van der Waals surface area contributed by atoms with E-state index < -0.39 is 107 Å². The van der Waals surface area contributed by atoms with Crippen LogP contribution in [0.4, 0.5) is 110 Å². The molecule has 0 rings (SSSR count). The summed E-state index contributed by atoms with van der Waals surface area (Å²) in [5.74, 6) is -93.7. The maximum absolute atomic E-state index is 14.1. The molecule has 302 valence electrons. The van der Waals surface area contributed by atoms with Gasteiger partial charge in [0.25, 0.3) is 10.0 Å². The first-order chi connectivity index (χ1) is 21.3. The first-order valence-electron chi connectivity index (χ1n) is 11.9. The third-order valence-electron chi connectivity index (χ3n) is 6.55. The second-order valence-electron chi connectivity index (χ2n) is 10.6. The predicted molar refractivity (Wildman–Crippen MR) is 111 cm³/mol. The van der Waals surface area contributed by atoms with Crippen LogP contribution < -0.4 is 4.72 Å². The largest absolute Gasteiger partial charge is 0.460 e. The topological polar surface area (TPSA) is 66.4 Å². The highest BCUT2D eigenvalue weighted by Gasteiger charge is 3.00. The van der Waals surface area contributed by atoms with Gasteiger partial charge in [0, 0.05) is 13.0 Å². The fourth-order valence-electron chi connectivity index (χ4n) is 3.29. The highest BCUT2D eigenvalue weighted by molar-refractivity contribution is 7.90. The molecule has 0 saturated carbocycles. The normalized spacial score (nSPS) is 16.6. The molecule has 0 unspecified atom stereocenters. The van der Waals surface area contributed by atoms with Crippen molar-refractivity contribution in [2.75, 3.05) is 40.3 Å². The van der Waals surface area contributed by atoms with Crippen LogP contribution in [-0.4, -0.2) is 129 Å². The lowest BCUT2D eigenvalue weighted by molar-refractivity contribution is -0.890. The summed E-state index contributed by atoms with van der Waals surface area (Å²) >= 11 is 0. The molecule has 2 N–H and O–H groups in total. The first-order valence-corrected chi connectivity index (χ1v) is 13.4. The minimum absolute atomic E-state index is 0.188. The Kier molecular flexibility index (Phi) is 12.4. The van der Waals surface area contributed by atoms with Gasteiger partial charge in [0.1, 0.15) is 6.54 Å². The van der Waals surface area contributed by atoms with E-state index in [0.717, 1.165) is 0 Å². The van der Waals surface area contributed by atoms with Gasteiger partial charge in [-0.3, -0.25) is 0 Å². The van der Waals surface area contributed by atoms with Crippen LogP contribution in [0.3, 0.4) is 0 Å². The van der Waals surface area contributed by atoms with E-state index >= 15 is 0 Å². The second-order valence-corrected chi connectivity index (χ2v) is 12.4. The van der Waals surface area contributed by atoms with Crippen LogP contribution in [0.2, 0.25) is 0 Å². The number of hydrogen-bond acceptors (Lipinski definition) is 3.